The van der Waals surface area contributed by atoms with Crippen LogP contribution >= 0.6 is 0 Å². The molecule has 0 aliphatic carbocycles. The Morgan fingerprint density at radius 2 is 0.280 bits per heavy atom. The highest BCUT2D eigenvalue weighted by atomic mass is 15.2. The summed E-state index contributed by atoms with van der Waals surface area (Å²) in [5.74, 6) is 0. The Morgan fingerprint density at radius 1 is 0.0933 bits per heavy atom. The van der Waals surface area contributed by atoms with Gasteiger partial charge in [-0.15, -0.1) is 0 Å². The molecule has 6 heteroatoms. The zero-order valence-electron chi connectivity index (χ0n) is 82.7. The third-order valence-corrected chi connectivity index (χ3v) is 28.3. The monoisotopic (exact) mass is 1920 g/mol. The van der Waals surface area contributed by atoms with Gasteiger partial charge in [-0.25, -0.2) is 0 Å². The van der Waals surface area contributed by atoms with E-state index >= 15 is 0 Å². The van der Waals surface area contributed by atoms with Gasteiger partial charge >= 0.3 is 0 Å². The maximum Gasteiger partial charge on any atom is 0.0540 e. The van der Waals surface area contributed by atoms with Crippen LogP contribution in [0.3, 0.4) is 0 Å². The van der Waals surface area contributed by atoms with E-state index in [1.165, 1.54) is 109 Å². The fraction of sp³-hybridized carbons (Fsp3) is 0. The Bertz CT molecular complexity index is 8590. The van der Waals surface area contributed by atoms with Gasteiger partial charge in [0.15, 0.2) is 0 Å². The first-order chi connectivity index (χ1) is 74.4. The van der Waals surface area contributed by atoms with Crippen LogP contribution < -0.4 is 29.4 Å². The van der Waals surface area contributed by atoms with E-state index in [0.717, 1.165) is 113 Å². The van der Waals surface area contributed by atoms with Crippen LogP contribution in [0.4, 0.5) is 102 Å². The first kappa shape index (κ1) is 92.5. The number of nitrogens with zero attached hydrogens (tertiary/aromatic N) is 6. The summed E-state index contributed by atoms with van der Waals surface area (Å²) in [7, 11) is 0. The van der Waals surface area contributed by atoms with E-state index < -0.39 is 0 Å². The van der Waals surface area contributed by atoms with Gasteiger partial charge in [0.1, 0.15) is 0 Å². The van der Waals surface area contributed by atoms with Crippen molar-refractivity contribution in [1.82, 2.24) is 0 Å². The van der Waals surface area contributed by atoms with E-state index in [-0.39, 0.29) is 0 Å². The fourth-order valence-corrected chi connectivity index (χ4v) is 21.2. The average molecular weight is 1920 g/mol. The molecule has 0 aliphatic rings. The lowest BCUT2D eigenvalue weighted by Gasteiger charge is -2.28. The first-order valence-corrected chi connectivity index (χ1v) is 51.2. The van der Waals surface area contributed by atoms with E-state index in [9.17, 15) is 0 Å². The van der Waals surface area contributed by atoms with Gasteiger partial charge in [0, 0.05) is 102 Å². The zero-order valence-corrected chi connectivity index (χ0v) is 82.7. The van der Waals surface area contributed by atoms with Crippen LogP contribution in [-0.2, 0) is 0 Å². The SMILES string of the molecule is c1ccc(N(c2ccc(-c3ccc(N(c4ccccc4)c4cccc5ccccc45)cc3)cc2)c2cccc3ccccc23)cc1.c1ccc(N(c2ccccc2)c2ccc(N(c3ccccc3)c3ccc(-c4ccc(N(c5ccccc5)c5ccc(N(c6ccccc6)c6ccccc6)cc5)cc4)cc3)cc2)cc1.c1ccc2cc(-c3c4ccccc4c(-c4ccc(-c5cccc6ccccc56)cc4)c4ccccc34)ccc2c1. The molecule has 6 nitrogen and oxygen atoms in total. The van der Waals surface area contributed by atoms with Crippen LogP contribution in [0, 0.1) is 0 Å². The van der Waals surface area contributed by atoms with Crippen LogP contribution in [-0.4, -0.2) is 0 Å². The standard InChI is InChI=1S/C60H46N4.C44H32N2.C40H26/c1-7-19-49(20-8-1)61(50-21-9-2-10-22-50)57-39-43-59(44-40-57)63(53-27-15-5-16-28-53)55-35-31-47(32-36-55)48-33-37-56(38-34-48)64(54-29-17-6-18-30-54)60-45-41-58(42-46-60)62(51-23-11-3-12-24-51)52-25-13-4-14-26-52;1-3-17-37(18-4-1)45(43-23-11-15-35-13-7-9-21-41(35)43)39-29-25-33(26-30-39)34-27-31-40(32-28-34)46(38-19-5-2-6-20-38)44-24-12-16-36-14-8-10-22-42(36)44;1-2-12-31-26-32(25-20-27(31)10-1)40-37-17-7-5-15-35(37)39(36-16-6-8-18-38(36)40)30-23-21-29(22-24-30)34-19-9-13-28-11-3-4-14-33(28)34/h1-46H;1-32H;1-26H. The summed E-state index contributed by atoms with van der Waals surface area (Å²) < 4.78 is 0. The largest absolute Gasteiger partial charge is 0.311 e. The smallest absolute Gasteiger partial charge is 0.0540 e. The van der Waals surface area contributed by atoms with Crippen LogP contribution in [0.1, 0.15) is 0 Å². The van der Waals surface area contributed by atoms with Crippen LogP contribution in [0.2, 0.25) is 0 Å². The van der Waals surface area contributed by atoms with Crippen molar-refractivity contribution in [3.05, 3.63) is 631 Å². The van der Waals surface area contributed by atoms with E-state index in [4.69, 9.17) is 0 Å². The molecule has 26 aromatic rings. The molecule has 26 aromatic carbocycles. The summed E-state index contributed by atoms with van der Waals surface area (Å²) >= 11 is 0. The minimum atomic E-state index is 1.08. The lowest BCUT2D eigenvalue weighted by molar-refractivity contribution is 1.25. The number of fused-ring (bicyclic) bond motifs is 6. The third-order valence-electron chi connectivity index (χ3n) is 28.3. The maximum atomic E-state index is 2.34. The van der Waals surface area contributed by atoms with Crippen LogP contribution in [0.5, 0.6) is 0 Å². The van der Waals surface area contributed by atoms with E-state index in [1.807, 2.05) is 0 Å². The first-order valence-electron chi connectivity index (χ1n) is 51.2. The van der Waals surface area contributed by atoms with Gasteiger partial charge in [-0.3, -0.25) is 0 Å². The highest BCUT2D eigenvalue weighted by molar-refractivity contribution is 6.22. The van der Waals surface area contributed by atoms with Gasteiger partial charge in [0.05, 0.1) is 11.4 Å². The molecule has 0 unspecified atom stereocenters. The number of anilines is 18. The average Bonchev–Trinajstić information content (AvgIpc) is 0.728. The van der Waals surface area contributed by atoms with Crippen LogP contribution in [0.25, 0.3) is 120 Å². The van der Waals surface area contributed by atoms with Crippen molar-refractivity contribution in [1.29, 1.82) is 0 Å². The summed E-state index contributed by atoms with van der Waals surface area (Å²) in [6.45, 7) is 0. The topological polar surface area (TPSA) is 19.4 Å². The molecule has 0 fully saturated rings. The molecule has 0 aliphatic heterocycles. The fourth-order valence-electron chi connectivity index (χ4n) is 21.2. The molecule has 710 valence electrons. The van der Waals surface area contributed by atoms with Crippen molar-refractivity contribution in [3.63, 3.8) is 0 Å². The van der Waals surface area contributed by atoms with E-state index in [1.54, 1.807) is 0 Å². The quantitative estimate of drug-likeness (QED) is 0.0590. The molecule has 26 rings (SSSR count). The highest BCUT2D eigenvalue weighted by Gasteiger charge is 2.25. The molecule has 0 radical (unpaired) electrons. The number of rotatable bonds is 23. The highest BCUT2D eigenvalue weighted by Crippen LogP contribution is 2.50. The second-order valence-corrected chi connectivity index (χ2v) is 37.4. The predicted molar refractivity (Wildman–Crippen MR) is 640 cm³/mol. The summed E-state index contributed by atoms with van der Waals surface area (Å²) in [5, 5.41) is 15.1. The Balaban J connectivity index is 0.000000124. The molecule has 0 aromatic heterocycles. The van der Waals surface area contributed by atoms with E-state index in [0.29, 0.717) is 0 Å². The van der Waals surface area contributed by atoms with Crippen molar-refractivity contribution in [2.75, 3.05) is 29.4 Å². The Morgan fingerprint density at radius 3 is 0.580 bits per heavy atom. The van der Waals surface area contributed by atoms with Gasteiger partial charge < -0.3 is 29.4 Å². The Labute approximate surface area is 876 Å². The molecule has 150 heavy (non-hydrogen) atoms. The Kier molecular flexibility index (Phi) is 26.5. The molecule has 0 spiro atoms. The van der Waals surface area contributed by atoms with Gasteiger partial charge in [-0.05, 0) is 322 Å². The van der Waals surface area contributed by atoms with E-state index in [2.05, 4.69) is 660 Å². The van der Waals surface area contributed by atoms with Gasteiger partial charge in [0.2, 0.25) is 0 Å². The van der Waals surface area contributed by atoms with Crippen molar-refractivity contribution in [2.45, 2.75) is 0 Å². The Hall–Kier alpha value is -19.9. The summed E-state index contributed by atoms with van der Waals surface area (Å²) in [6.07, 6.45) is 0. The molecule has 0 saturated heterocycles. The van der Waals surface area contributed by atoms with Crippen molar-refractivity contribution >= 4 is 167 Å². The number of para-hydroxylation sites is 8. The lowest BCUT2D eigenvalue weighted by Crippen LogP contribution is -2.12. The maximum absolute atomic E-state index is 2.34. The van der Waals surface area contributed by atoms with Crippen molar-refractivity contribution in [3.8, 4) is 55.6 Å². The van der Waals surface area contributed by atoms with Gasteiger partial charge in [-0.2, -0.15) is 0 Å². The van der Waals surface area contributed by atoms with Gasteiger partial charge in [0.25, 0.3) is 0 Å². The lowest BCUT2D eigenvalue weighted by atomic mass is 9.85. The molecule has 0 bridgehead atoms. The minimum Gasteiger partial charge on any atom is -0.311 e. The summed E-state index contributed by atoms with van der Waals surface area (Å²) in [5.41, 5.74) is 32.2. The molecular weight excluding hydrogens is 1810 g/mol. The van der Waals surface area contributed by atoms with Gasteiger partial charge in [-0.1, -0.05) is 419 Å². The molecular formula is C144H104N6. The third kappa shape index (κ3) is 19.3. The molecule has 0 atom stereocenters. The number of hydrogen-bond acceptors (Lipinski definition) is 6. The second kappa shape index (κ2) is 42.9. The number of hydrogen-bond donors (Lipinski definition) is 0. The molecule has 0 amide bonds. The van der Waals surface area contributed by atoms with Crippen LogP contribution in [0.15, 0.2) is 631 Å². The van der Waals surface area contributed by atoms with Crippen molar-refractivity contribution in [2.24, 2.45) is 0 Å². The summed E-state index contributed by atoms with van der Waals surface area (Å²) in [6, 6.07) is 225. The molecule has 0 heterocycles. The zero-order chi connectivity index (χ0) is 100. The minimum absolute atomic E-state index is 1.08. The normalized spacial score (nSPS) is 11.1. The predicted octanol–water partition coefficient (Wildman–Crippen LogP) is 41.1. The molecule has 0 saturated carbocycles. The van der Waals surface area contributed by atoms with Crippen molar-refractivity contribution < 1.29 is 0 Å². The molecule has 0 N–H and O–H groups in total. The summed E-state index contributed by atoms with van der Waals surface area (Å²) in [4.78, 5) is 13.9. The number of benzene rings is 26. The second-order valence-electron chi connectivity index (χ2n) is 37.4.